The number of aliphatic hydroxyl groups is 1. The summed E-state index contributed by atoms with van der Waals surface area (Å²) in [6, 6.07) is 7.47. The van der Waals surface area contributed by atoms with Crippen molar-refractivity contribution >= 4 is 6.03 Å². The second-order valence-corrected chi connectivity index (χ2v) is 4.92. The average Bonchev–Trinajstić information content (AvgIpc) is 2.98. The van der Waals surface area contributed by atoms with E-state index in [9.17, 15) is 9.90 Å². The number of aromatic amines is 1. The smallest absolute Gasteiger partial charge is 0.317 e. The number of aromatic nitrogens is 3. The van der Waals surface area contributed by atoms with Gasteiger partial charge >= 0.3 is 6.03 Å². The van der Waals surface area contributed by atoms with Crippen LogP contribution in [0.1, 0.15) is 12.5 Å². The third-order valence-corrected chi connectivity index (χ3v) is 2.94. The van der Waals surface area contributed by atoms with Gasteiger partial charge in [-0.1, -0.05) is 18.2 Å². The lowest BCUT2D eigenvalue weighted by molar-refractivity contribution is 0.143. The molecule has 1 unspecified atom stereocenters. The maximum Gasteiger partial charge on any atom is 0.317 e. The molecule has 2 aromatic rings. The number of carbonyl (C=O) groups is 1. The van der Waals surface area contributed by atoms with Gasteiger partial charge in [-0.3, -0.25) is 5.10 Å². The number of nitrogens with zero attached hydrogens (tertiary/aromatic N) is 3. The largest absolute Gasteiger partial charge is 0.392 e. The Kier molecular flexibility index (Phi) is 4.89. The van der Waals surface area contributed by atoms with Crippen LogP contribution in [0.4, 0.5) is 4.79 Å². The number of aliphatic hydroxyl groups excluding tert-OH is 1. The summed E-state index contributed by atoms with van der Waals surface area (Å²) in [4.78, 5) is 17.4. The van der Waals surface area contributed by atoms with Crippen molar-refractivity contribution in [3.8, 4) is 11.4 Å². The molecule has 0 aliphatic carbocycles. The van der Waals surface area contributed by atoms with Crippen LogP contribution in [0.2, 0.25) is 0 Å². The average molecular weight is 289 g/mol. The number of hydrogen-bond donors (Lipinski definition) is 3. The summed E-state index contributed by atoms with van der Waals surface area (Å²) in [7, 11) is 1.65. The van der Waals surface area contributed by atoms with Crippen molar-refractivity contribution in [2.75, 3.05) is 13.6 Å². The fourth-order valence-corrected chi connectivity index (χ4v) is 1.97. The minimum atomic E-state index is -0.546. The zero-order chi connectivity index (χ0) is 15.2. The van der Waals surface area contributed by atoms with Crippen LogP contribution in [0, 0.1) is 0 Å². The summed E-state index contributed by atoms with van der Waals surface area (Å²) in [5.74, 6) is 0.689. The molecule has 0 fully saturated rings. The van der Waals surface area contributed by atoms with Gasteiger partial charge in [0.1, 0.15) is 6.33 Å². The summed E-state index contributed by atoms with van der Waals surface area (Å²) in [5, 5.41) is 18.7. The number of urea groups is 1. The number of nitrogens with one attached hydrogen (secondary N) is 2. The third-order valence-electron chi connectivity index (χ3n) is 2.94. The molecule has 0 saturated carbocycles. The van der Waals surface area contributed by atoms with Crippen LogP contribution in [0.15, 0.2) is 30.6 Å². The molecule has 0 saturated heterocycles. The van der Waals surface area contributed by atoms with Crippen LogP contribution in [0.5, 0.6) is 0 Å². The van der Waals surface area contributed by atoms with E-state index in [2.05, 4.69) is 20.5 Å². The maximum absolute atomic E-state index is 11.8. The molecule has 0 aliphatic heterocycles. The van der Waals surface area contributed by atoms with E-state index in [0.29, 0.717) is 18.9 Å². The molecule has 1 heterocycles. The normalized spacial score (nSPS) is 12.0. The zero-order valence-electron chi connectivity index (χ0n) is 12.1. The van der Waals surface area contributed by atoms with E-state index < -0.39 is 6.10 Å². The SMILES string of the molecule is CC(O)CN(C)C(=O)NCc1cccc(-c2ncn[nH]2)c1. The first kappa shape index (κ1) is 15.0. The number of H-pyrrole nitrogens is 1. The van der Waals surface area contributed by atoms with Crippen molar-refractivity contribution in [1.82, 2.24) is 25.4 Å². The molecule has 21 heavy (non-hydrogen) atoms. The summed E-state index contributed by atoms with van der Waals surface area (Å²) in [5.41, 5.74) is 1.87. The zero-order valence-corrected chi connectivity index (χ0v) is 12.1. The van der Waals surface area contributed by atoms with Gasteiger partial charge in [0.15, 0.2) is 5.82 Å². The van der Waals surface area contributed by atoms with Crippen molar-refractivity contribution < 1.29 is 9.90 Å². The number of carbonyl (C=O) groups excluding carboxylic acids is 1. The van der Waals surface area contributed by atoms with Gasteiger partial charge in [-0.15, -0.1) is 0 Å². The van der Waals surface area contributed by atoms with Crippen LogP contribution >= 0.6 is 0 Å². The fourth-order valence-electron chi connectivity index (χ4n) is 1.97. The van der Waals surface area contributed by atoms with Crippen molar-refractivity contribution in [3.63, 3.8) is 0 Å². The van der Waals surface area contributed by atoms with Crippen LogP contribution < -0.4 is 5.32 Å². The molecule has 7 heteroatoms. The molecule has 0 spiro atoms. The van der Waals surface area contributed by atoms with E-state index in [4.69, 9.17) is 0 Å². The molecule has 1 atom stereocenters. The lowest BCUT2D eigenvalue weighted by atomic mass is 10.1. The van der Waals surface area contributed by atoms with Crippen molar-refractivity contribution in [1.29, 1.82) is 0 Å². The van der Waals surface area contributed by atoms with E-state index >= 15 is 0 Å². The second-order valence-electron chi connectivity index (χ2n) is 4.92. The highest BCUT2D eigenvalue weighted by Gasteiger charge is 2.10. The Bertz CT molecular complexity index is 583. The lowest BCUT2D eigenvalue weighted by Crippen LogP contribution is -2.40. The highest BCUT2D eigenvalue weighted by molar-refractivity contribution is 5.73. The molecule has 0 radical (unpaired) electrons. The Morgan fingerprint density at radius 2 is 2.33 bits per heavy atom. The molecule has 1 aromatic heterocycles. The standard InChI is InChI=1S/C14H19N5O2/c1-10(20)8-19(2)14(21)15-7-11-4-3-5-12(6-11)13-16-9-17-18-13/h3-6,9-10,20H,7-8H2,1-2H3,(H,15,21)(H,16,17,18). The van der Waals surface area contributed by atoms with Crippen LogP contribution in [0.3, 0.4) is 0 Å². The molecule has 0 bridgehead atoms. The Hall–Kier alpha value is -2.41. The van der Waals surface area contributed by atoms with E-state index in [1.165, 1.54) is 11.2 Å². The Balaban J connectivity index is 1.95. The first-order valence-electron chi connectivity index (χ1n) is 6.68. The van der Waals surface area contributed by atoms with Gasteiger partial charge < -0.3 is 15.3 Å². The Labute approximate surface area is 123 Å². The molecule has 2 rings (SSSR count). The van der Waals surface area contributed by atoms with Crippen LogP contribution in [0.25, 0.3) is 11.4 Å². The topological polar surface area (TPSA) is 94.1 Å². The molecular weight excluding hydrogens is 270 g/mol. The van der Waals surface area contributed by atoms with E-state index in [0.717, 1.165) is 11.1 Å². The highest BCUT2D eigenvalue weighted by atomic mass is 16.3. The van der Waals surface area contributed by atoms with Crippen molar-refractivity contribution in [3.05, 3.63) is 36.2 Å². The summed E-state index contributed by atoms with van der Waals surface area (Å²) in [6.07, 6.45) is 0.907. The minimum absolute atomic E-state index is 0.221. The molecule has 7 nitrogen and oxygen atoms in total. The first-order valence-corrected chi connectivity index (χ1v) is 6.68. The monoisotopic (exact) mass is 289 g/mol. The quantitative estimate of drug-likeness (QED) is 0.765. The van der Waals surface area contributed by atoms with Crippen LogP contribution in [-0.2, 0) is 6.54 Å². The van der Waals surface area contributed by atoms with E-state index in [1.54, 1.807) is 14.0 Å². The number of benzene rings is 1. The molecule has 0 aliphatic rings. The number of amides is 2. The first-order chi connectivity index (χ1) is 10.1. The van der Waals surface area contributed by atoms with Gasteiger partial charge in [0.05, 0.1) is 6.10 Å². The minimum Gasteiger partial charge on any atom is -0.392 e. The maximum atomic E-state index is 11.8. The second kappa shape index (κ2) is 6.85. The van der Waals surface area contributed by atoms with Gasteiger partial charge in [-0.25, -0.2) is 9.78 Å². The Morgan fingerprint density at radius 3 is 3.00 bits per heavy atom. The molecule has 112 valence electrons. The predicted octanol–water partition coefficient (Wildman–Crippen LogP) is 0.994. The highest BCUT2D eigenvalue weighted by Crippen LogP contribution is 2.15. The van der Waals surface area contributed by atoms with E-state index in [-0.39, 0.29) is 6.03 Å². The summed E-state index contributed by atoms with van der Waals surface area (Å²) >= 11 is 0. The van der Waals surface area contributed by atoms with Crippen LogP contribution in [-0.4, -0.2) is 50.9 Å². The Morgan fingerprint density at radius 1 is 1.52 bits per heavy atom. The van der Waals surface area contributed by atoms with Gasteiger partial charge in [-0.2, -0.15) is 5.10 Å². The number of rotatable bonds is 5. The van der Waals surface area contributed by atoms with Gasteiger partial charge in [0, 0.05) is 25.7 Å². The number of likely N-dealkylation sites (N-methyl/N-ethyl adjacent to an activating group) is 1. The van der Waals surface area contributed by atoms with E-state index in [1.807, 2.05) is 24.3 Å². The van der Waals surface area contributed by atoms with Crippen molar-refractivity contribution in [2.24, 2.45) is 0 Å². The van der Waals surface area contributed by atoms with Gasteiger partial charge in [0.25, 0.3) is 0 Å². The van der Waals surface area contributed by atoms with Gasteiger partial charge in [0.2, 0.25) is 0 Å². The number of hydrogen-bond acceptors (Lipinski definition) is 4. The van der Waals surface area contributed by atoms with Gasteiger partial charge in [-0.05, 0) is 18.6 Å². The third kappa shape index (κ3) is 4.28. The molecule has 2 amide bonds. The predicted molar refractivity (Wildman–Crippen MR) is 78.4 cm³/mol. The van der Waals surface area contributed by atoms with Crippen molar-refractivity contribution in [2.45, 2.75) is 19.6 Å². The fraction of sp³-hybridized carbons (Fsp3) is 0.357. The molecule has 3 N–H and O–H groups in total. The summed E-state index contributed by atoms with van der Waals surface area (Å²) in [6.45, 7) is 2.35. The summed E-state index contributed by atoms with van der Waals surface area (Å²) < 4.78 is 0. The lowest BCUT2D eigenvalue weighted by Gasteiger charge is -2.19. The molecule has 1 aromatic carbocycles. The molecular formula is C14H19N5O2.